The highest BCUT2D eigenvalue weighted by molar-refractivity contribution is 5.89. The maximum atomic E-state index is 13.2. The molecule has 2 aliphatic rings. The van der Waals surface area contributed by atoms with Crippen LogP contribution >= 0.6 is 0 Å². The molecule has 2 aromatic rings. The maximum Gasteiger partial charge on any atom is 0.321 e. The number of aromatic nitrogens is 4. The quantitative estimate of drug-likeness (QED) is 0.549. The first kappa shape index (κ1) is 28.7. The lowest BCUT2D eigenvalue weighted by atomic mass is 10.0. The normalized spacial score (nSPS) is 21.9. The van der Waals surface area contributed by atoms with Crippen LogP contribution in [0.3, 0.4) is 0 Å². The molecule has 13 nitrogen and oxygen atoms in total. The number of carbonyl (C=O) groups excluding carboxylic acids is 2. The number of amides is 3. The Balaban J connectivity index is 1.45. The number of carbonyl (C=O) groups is 2. The van der Waals surface area contributed by atoms with Gasteiger partial charge in [-0.05, 0) is 19.4 Å². The van der Waals surface area contributed by atoms with Crippen molar-refractivity contribution in [3.05, 3.63) is 30.2 Å². The van der Waals surface area contributed by atoms with Crippen molar-refractivity contribution < 1.29 is 24.2 Å². The standard InChI is InChI=1S/C26H40N8O5/c1-19-14-34(20(2)17-35)25(36)5-4-8-33-15-22(29-30-33)18-39-23(19)16-31(3)26(37)28-21-6-7-27-24(13-21)32-9-11-38-12-10-32/h6-7,13,15,19-20,23,35H,4-5,8-12,14,16-18H2,1-3H3,(H,27,28,37)/t19-,20+,23+/m1/s1. The number of hydrogen-bond donors (Lipinski definition) is 2. The molecule has 0 saturated carbocycles. The van der Waals surface area contributed by atoms with Gasteiger partial charge in [0.2, 0.25) is 5.91 Å². The number of nitrogens with one attached hydrogen (secondary N) is 1. The second-order valence-corrected chi connectivity index (χ2v) is 10.3. The van der Waals surface area contributed by atoms with Crippen molar-refractivity contribution in [3.63, 3.8) is 0 Å². The van der Waals surface area contributed by atoms with E-state index in [9.17, 15) is 14.7 Å². The van der Waals surface area contributed by atoms with Crippen LogP contribution in [-0.2, 0) is 27.4 Å². The molecule has 2 N–H and O–H groups in total. The lowest BCUT2D eigenvalue weighted by Gasteiger charge is -2.35. The fourth-order valence-corrected chi connectivity index (χ4v) is 4.73. The van der Waals surface area contributed by atoms with Crippen molar-refractivity contribution in [1.29, 1.82) is 0 Å². The zero-order valence-corrected chi connectivity index (χ0v) is 23.0. The Hall–Kier alpha value is -3.29. The number of morpholine rings is 1. The molecule has 3 amide bonds. The first-order valence-electron chi connectivity index (χ1n) is 13.6. The lowest BCUT2D eigenvalue weighted by molar-refractivity contribution is -0.136. The highest BCUT2D eigenvalue weighted by Gasteiger charge is 2.29. The summed E-state index contributed by atoms with van der Waals surface area (Å²) in [6, 6.07) is 3.02. The molecule has 3 atom stereocenters. The number of fused-ring (bicyclic) bond motifs is 2. The zero-order chi connectivity index (χ0) is 27.8. The summed E-state index contributed by atoms with van der Waals surface area (Å²) in [6.45, 7) is 8.01. The predicted molar refractivity (Wildman–Crippen MR) is 144 cm³/mol. The summed E-state index contributed by atoms with van der Waals surface area (Å²) >= 11 is 0. The number of ether oxygens (including phenoxy) is 2. The summed E-state index contributed by atoms with van der Waals surface area (Å²) in [7, 11) is 1.71. The Kier molecular flexibility index (Phi) is 10.1. The Morgan fingerprint density at radius 3 is 2.87 bits per heavy atom. The van der Waals surface area contributed by atoms with Gasteiger partial charge in [-0.15, -0.1) is 5.10 Å². The third kappa shape index (κ3) is 7.87. The molecule has 1 fully saturated rings. The Labute approximate surface area is 229 Å². The van der Waals surface area contributed by atoms with Gasteiger partial charge < -0.3 is 34.6 Å². The van der Waals surface area contributed by atoms with Crippen LogP contribution in [0.4, 0.5) is 16.3 Å². The number of hydrogen-bond acceptors (Lipinski definition) is 9. The largest absolute Gasteiger partial charge is 0.394 e. The average Bonchev–Trinajstić information content (AvgIpc) is 3.41. The summed E-state index contributed by atoms with van der Waals surface area (Å²) in [5.74, 6) is 0.645. The Morgan fingerprint density at radius 2 is 2.10 bits per heavy atom. The van der Waals surface area contributed by atoms with Gasteiger partial charge in [0.25, 0.3) is 0 Å². The lowest BCUT2D eigenvalue weighted by Crippen LogP contribution is -2.48. The number of anilines is 2. The molecule has 39 heavy (non-hydrogen) atoms. The second-order valence-electron chi connectivity index (χ2n) is 10.3. The third-order valence-corrected chi connectivity index (χ3v) is 7.18. The summed E-state index contributed by atoms with van der Waals surface area (Å²) < 4.78 is 13.4. The van der Waals surface area contributed by atoms with Crippen LogP contribution in [0.15, 0.2) is 24.5 Å². The van der Waals surface area contributed by atoms with E-state index in [1.165, 1.54) is 0 Å². The van der Waals surface area contributed by atoms with Gasteiger partial charge in [0.1, 0.15) is 11.5 Å². The number of aryl methyl sites for hydroxylation is 1. The fraction of sp³-hybridized carbons (Fsp3) is 0.654. The molecule has 0 radical (unpaired) electrons. The molecule has 0 aliphatic carbocycles. The Morgan fingerprint density at radius 1 is 1.31 bits per heavy atom. The van der Waals surface area contributed by atoms with Gasteiger partial charge in [-0.3, -0.25) is 9.48 Å². The van der Waals surface area contributed by atoms with Gasteiger partial charge in [0.15, 0.2) is 0 Å². The van der Waals surface area contributed by atoms with E-state index in [1.807, 2.05) is 26.1 Å². The van der Waals surface area contributed by atoms with Crippen LogP contribution in [0.25, 0.3) is 0 Å². The van der Waals surface area contributed by atoms with Crippen molar-refractivity contribution in [2.24, 2.45) is 5.92 Å². The van der Waals surface area contributed by atoms with Gasteiger partial charge in [0, 0.05) is 70.1 Å². The van der Waals surface area contributed by atoms with Crippen LogP contribution in [0.1, 0.15) is 32.4 Å². The molecule has 2 bridgehead atoms. The first-order valence-corrected chi connectivity index (χ1v) is 13.6. The smallest absolute Gasteiger partial charge is 0.321 e. The summed E-state index contributed by atoms with van der Waals surface area (Å²) in [4.78, 5) is 36.1. The molecule has 13 heteroatoms. The molecule has 4 rings (SSSR count). The van der Waals surface area contributed by atoms with E-state index in [-0.39, 0.29) is 43.7 Å². The summed E-state index contributed by atoms with van der Waals surface area (Å²) in [6.07, 6.45) is 4.08. The van der Waals surface area contributed by atoms with Crippen LogP contribution in [-0.4, -0.2) is 112 Å². The number of nitrogens with zero attached hydrogens (tertiary/aromatic N) is 7. The summed E-state index contributed by atoms with van der Waals surface area (Å²) in [5, 5.41) is 21.1. The number of aliphatic hydroxyl groups excluding tert-OH is 1. The van der Waals surface area contributed by atoms with E-state index in [1.54, 1.807) is 33.8 Å². The SMILES string of the molecule is C[C@@H]1CN([C@@H](C)CO)C(=O)CCCn2cc(nn2)CO[C@H]1CN(C)C(=O)Nc1ccnc(N2CCOCC2)c1. The van der Waals surface area contributed by atoms with Crippen molar-refractivity contribution in [1.82, 2.24) is 29.8 Å². The minimum Gasteiger partial charge on any atom is -0.394 e. The van der Waals surface area contributed by atoms with Crippen molar-refractivity contribution >= 4 is 23.4 Å². The number of likely N-dealkylation sites (N-methyl/N-ethyl adjacent to an activating group) is 1. The van der Waals surface area contributed by atoms with Gasteiger partial charge in [-0.2, -0.15) is 0 Å². The van der Waals surface area contributed by atoms with E-state index in [4.69, 9.17) is 9.47 Å². The average molecular weight is 545 g/mol. The second kappa shape index (κ2) is 13.7. The minimum atomic E-state index is -0.394. The summed E-state index contributed by atoms with van der Waals surface area (Å²) in [5.41, 5.74) is 1.34. The minimum absolute atomic E-state index is 0.0263. The number of rotatable bonds is 6. The zero-order valence-electron chi connectivity index (χ0n) is 23.0. The Bertz CT molecular complexity index is 1090. The molecular weight excluding hydrogens is 504 g/mol. The van der Waals surface area contributed by atoms with Gasteiger partial charge in [-0.25, -0.2) is 9.78 Å². The molecule has 0 spiro atoms. The number of pyridine rings is 1. The molecule has 214 valence electrons. The van der Waals surface area contributed by atoms with E-state index in [0.29, 0.717) is 50.5 Å². The number of aliphatic hydroxyl groups is 1. The van der Waals surface area contributed by atoms with Crippen LogP contribution in [0.2, 0.25) is 0 Å². The van der Waals surface area contributed by atoms with Crippen LogP contribution in [0.5, 0.6) is 0 Å². The van der Waals surface area contributed by atoms with Crippen molar-refractivity contribution in [2.75, 3.05) is 63.3 Å². The monoisotopic (exact) mass is 544 g/mol. The molecule has 0 unspecified atom stereocenters. The maximum absolute atomic E-state index is 13.2. The molecule has 0 aromatic carbocycles. The van der Waals surface area contributed by atoms with Gasteiger partial charge in [-0.1, -0.05) is 12.1 Å². The van der Waals surface area contributed by atoms with E-state index in [0.717, 1.165) is 18.9 Å². The van der Waals surface area contributed by atoms with E-state index in [2.05, 4.69) is 25.5 Å². The fourth-order valence-electron chi connectivity index (χ4n) is 4.73. The molecule has 4 heterocycles. The van der Waals surface area contributed by atoms with Crippen LogP contribution < -0.4 is 10.2 Å². The molecule has 2 aromatic heterocycles. The molecule has 2 aliphatic heterocycles. The molecule has 1 saturated heterocycles. The first-order chi connectivity index (χ1) is 18.8. The van der Waals surface area contributed by atoms with E-state index >= 15 is 0 Å². The highest BCUT2D eigenvalue weighted by Crippen LogP contribution is 2.20. The van der Waals surface area contributed by atoms with Crippen LogP contribution in [0, 0.1) is 5.92 Å². The van der Waals surface area contributed by atoms with Gasteiger partial charge >= 0.3 is 6.03 Å². The van der Waals surface area contributed by atoms with Crippen molar-refractivity contribution in [2.45, 2.75) is 52.0 Å². The van der Waals surface area contributed by atoms with E-state index < -0.39 is 6.10 Å². The molecular formula is C26H40N8O5. The predicted octanol–water partition coefficient (Wildman–Crippen LogP) is 1.20. The third-order valence-electron chi connectivity index (χ3n) is 7.18. The van der Waals surface area contributed by atoms with Crippen molar-refractivity contribution in [3.8, 4) is 0 Å². The highest BCUT2D eigenvalue weighted by atomic mass is 16.5. The van der Waals surface area contributed by atoms with Gasteiger partial charge in [0.05, 0.1) is 44.8 Å². The topological polar surface area (TPSA) is 138 Å². The number of urea groups is 1.